The van der Waals surface area contributed by atoms with Gasteiger partial charge in [0, 0.05) is 109 Å². The van der Waals surface area contributed by atoms with Crippen LogP contribution in [-0.4, -0.2) is 142 Å². The zero-order valence-electron chi connectivity index (χ0n) is 55.4. The molecule has 1 aliphatic heterocycles. The molecule has 0 bridgehead atoms. The predicted octanol–water partition coefficient (Wildman–Crippen LogP) is 15.1. The summed E-state index contributed by atoms with van der Waals surface area (Å²) in [5, 5.41) is 12.6. The fraction of sp³-hybridized carbons (Fsp3) is 0.270. The largest absolute Gasteiger partial charge is 0.493 e. The maximum Gasteiger partial charge on any atom is 0.163 e. The summed E-state index contributed by atoms with van der Waals surface area (Å²) in [4.78, 5) is 28.6. The molecule has 0 aliphatic carbocycles. The minimum atomic E-state index is -2.96. The smallest absolute Gasteiger partial charge is 0.163 e. The molecule has 0 amide bonds. The first kappa shape index (κ1) is 72.8. The molecule has 26 heteroatoms. The van der Waals surface area contributed by atoms with Crippen LogP contribution in [0.4, 0.5) is 43.3 Å². The van der Waals surface area contributed by atoms with Crippen molar-refractivity contribution in [3.05, 3.63) is 197 Å². The van der Waals surface area contributed by atoms with E-state index in [1.54, 1.807) is 51.7 Å². The van der Waals surface area contributed by atoms with E-state index in [-0.39, 0.29) is 23.2 Å². The molecule has 12 rings (SSSR count). The summed E-state index contributed by atoms with van der Waals surface area (Å²) in [6.07, 6.45) is 14.1. The van der Waals surface area contributed by atoms with Gasteiger partial charge < -0.3 is 58.3 Å². The van der Waals surface area contributed by atoms with Gasteiger partial charge in [-0.2, -0.15) is 0 Å². The van der Waals surface area contributed by atoms with Gasteiger partial charge in [0.25, 0.3) is 0 Å². The zero-order chi connectivity index (χ0) is 70.2. The number of methoxy groups -OCH3 is 3. The van der Waals surface area contributed by atoms with E-state index < -0.39 is 15.7 Å². The van der Waals surface area contributed by atoms with Gasteiger partial charge in [0.05, 0.1) is 66.7 Å². The Kier molecular flexibility index (Phi) is 26.3. The van der Waals surface area contributed by atoms with E-state index in [0.29, 0.717) is 125 Å². The second kappa shape index (κ2) is 36.2. The first-order valence-corrected chi connectivity index (χ1v) is 34.7. The van der Waals surface area contributed by atoms with Crippen LogP contribution in [0.1, 0.15) is 36.1 Å². The average Bonchev–Trinajstić information content (AvgIpc) is 0.919. The van der Waals surface area contributed by atoms with Crippen molar-refractivity contribution in [1.82, 2.24) is 34.8 Å². The number of aromatic nitrogens is 6. The van der Waals surface area contributed by atoms with Crippen LogP contribution in [0.15, 0.2) is 163 Å². The van der Waals surface area contributed by atoms with E-state index >= 15 is 0 Å². The minimum absolute atomic E-state index is 0.0364. The molecule has 100 heavy (non-hydrogen) atoms. The monoisotopic (exact) mass is 1420 g/mol. The quantitative estimate of drug-likeness (QED) is 0.0292. The van der Waals surface area contributed by atoms with Crippen molar-refractivity contribution in [2.45, 2.75) is 32.3 Å². The molecule has 5 heterocycles. The Balaban J connectivity index is 0.000000165. The second-order valence-electron chi connectivity index (χ2n) is 22.7. The normalized spacial score (nSPS) is 12.2. The number of unbranched alkanes of at least 4 members (excludes halogenated alkanes) is 1. The molecule has 0 unspecified atom stereocenters. The van der Waals surface area contributed by atoms with Crippen LogP contribution in [0, 0.1) is 24.0 Å². The lowest BCUT2D eigenvalue weighted by Crippen LogP contribution is -2.37. The van der Waals surface area contributed by atoms with Crippen LogP contribution in [0.25, 0.3) is 44.0 Å². The third-order valence-corrected chi connectivity index (χ3v) is 17.0. The third kappa shape index (κ3) is 21.0. The number of hydrogen-bond acceptors (Lipinski definition) is 21. The summed E-state index contributed by atoms with van der Waals surface area (Å²) in [6.45, 7) is 6.92. The number of halogens is 4. The lowest BCUT2D eigenvalue weighted by atomic mass is 10.1. The second-order valence-corrected chi connectivity index (χ2v) is 25.8. The third-order valence-electron chi connectivity index (χ3n) is 15.4. The van der Waals surface area contributed by atoms with Gasteiger partial charge in [0.1, 0.15) is 95.0 Å². The zero-order valence-corrected chi connectivity index (χ0v) is 57.8. The Morgan fingerprint density at radius 2 is 1.17 bits per heavy atom. The van der Waals surface area contributed by atoms with E-state index in [1.807, 2.05) is 84.9 Å². The molecule has 0 atom stereocenters. The predicted molar refractivity (Wildman–Crippen MR) is 385 cm³/mol. The molecule has 0 spiro atoms. The number of furan rings is 1. The first-order chi connectivity index (χ1) is 48.6. The van der Waals surface area contributed by atoms with Gasteiger partial charge in [-0.1, -0.05) is 47.3 Å². The lowest BCUT2D eigenvalue weighted by molar-refractivity contribution is 0.0357. The highest BCUT2D eigenvalue weighted by Crippen LogP contribution is 2.38. The molecule has 0 saturated carbocycles. The van der Waals surface area contributed by atoms with Gasteiger partial charge in [0.2, 0.25) is 0 Å². The Labute approximate surface area is 588 Å². The van der Waals surface area contributed by atoms with Crippen molar-refractivity contribution < 1.29 is 59.5 Å². The van der Waals surface area contributed by atoms with E-state index in [1.165, 1.54) is 49.5 Å². The molecule has 1 aliphatic rings. The van der Waals surface area contributed by atoms with Gasteiger partial charge in [-0.15, -0.1) is 6.42 Å². The summed E-state index contributed by atoms with van der Waals surface area (Å²) >= 11 is 12.4. The van der Waals surface area contributed by atoms with Gasteiger partial charge in [-0.25, -0.2) is 47.1 Å². The maximum absolute atomic E-state index is 13.5. The highest BCUT2D eigenvalue weighted by atomic mass is 35.5. The molecular formula is C74H74Cl2F2N10O11S. The summed E-state index contributed by atoms with van der Waals surface area (Å²) in [5.74, 6) is 8.21. The van der Waals surface area contributed by atoms with Crippen molar-refractivity contribution in [1.29, 1.82) is 0 Å². The minimum Gasteiger partial charge on any atom is -0.493 e. The van der Waals surface area contributed by atoms with E-state index in [0.717, 1.165) is 95.5 Å². The van der Waals surface area contributed by atoms with Gasteiger partial charge >= 0.3 is 0 Å². The van der Waals surface area contributed by atoms with Gasteiger partial charge in [0.15, 0.2) is 23.0 Å². The number of terminal acetylenes is 1. The Hall–Kier alpha value is -9.97. The van der Waals surface area contributed by atoms with Crippen LogP contribution in [-0.2, 0) is 37.1 Å². The molecule has 21 nitrogen and oxygen atoms in total. The van der Waals surface area contributed by atoms with Crippen LogP contribution < -0.4 is 39.6 Å². The Morgan fingerprint density at radius 3 is 1.80 bits per heavy atom. The van der Waals surface area contributed by atoms with Gasteiger partial charge in [-0.05, 0) is 134 Å². The molecule has 0 radical (unpaired) electrons. The number of fused-ring (bicyclic) bond motifs is 3. The number of morpholine rings is 1. The number of hydrogen-bond donors (Lipinski definition) is 3. The number of nitrogens with one attached hydrogen (secondary N) is 3. The molecule has 4 aromatic heterocycles. The molecule has 1 saturated heterocycles. The van der Waals surface area contributed by atoms with E-state index in [9.17, 15) is 17.2 Å². The van der Waals surface area contributed by atoms with Gasteiger partial charge in [-0.3, -0.25) is 4.90 Å². The van der Waals surface area contributed by atoms with Crippen LogP contribution in [0.3, 0.4) is 0 Å². The summed E-state index contributed by atoms with van der Waals surface area (Å²) < 4.78 is 100. The standard InChI is InChI=1S/C30H27ClFN3O4S.C22H24ClFN4O3.C22H23N3O4/c1-40(36,37)14-3-2-7-24-10-13-28(39-24)21-8-11-27-25(16-21)30(34-19-33-27)35-23-9-12-29(26(31)17-23)38-18-20-5-4-6-22(32)15-20;1-29-20-13-19-16(12-21(20)31-8-2-5-28-6-9-30-10-7-28)22(26-14-25-19)27-15-3-4-18(24)17(23)11-15;1-4-16-6-5-7-17(12-16)25-22-18-13-20(28-10-8-26-2)21(29-11-9-27-3)14-19(18)23-15-24-22/h4-6,8-13,15-17,19H,2-3,7,14,18H2,1H3,(H,33,34,35);3-4,11-14H,2,5-10H2,1H3,(H,25,26,27);1,5-7,12-15H,8-11H2,2-3H3,(H,23,24,25). The number of aryl methyl sites for hydroxylation is 1. The van der Waals surface area contributed by atoms with Crippen LogP contribution in [0.5, 0.6) is 28.7 Å². The fourth-order valence-corrected chi connectivity index (χ4v) is 11.5. The highest BCUT2D eigenvalue weighted by molar-refractivity contribution is 7.90. The molecule has 11 aromatic rings. The lowest BCUT2D eigenvalue weighted by Gasteiger charge is -2.26. The van der Waals surface area contributed by atoms with E-state index in [4.69, 9.17) is 71.9 Å². The van der Waals surface area contributed by atoms with Crippen molar-refractivity contribution in [2.75, 3.05) is 115 Å². The molecular weight excluding hydrogens is 1350 g/mol. The fourth-order valence-electron chi connectivity index (χ4n) is 10.4. The van der Waals surface area contributed by atoms with Crippen LogP contribution in [0.2, 0.25) is 10.0 Å². The topological polar surface area (TPSA) is 238 Å². The highest BCUT2D eigenvalue weighted by Gasteiger charge is 2.18. The van der Waals surface area contributed by atoms with Crippen LogP contribution >= 0.6 is 23.2 Å². The number of sulfone groups is 1. The summed E-state index contributed by atoms with van der Waals surface area (Å²) in [7, 11) is 1.89. The SMILES string of the molecule is C#Cc1cccc(Nc2ncnc3cc(OCCOC)c(OCCOC)cc23)c1.COc1cc2ncnc(Nc3ccc(F)c(Cl)c3)c2cc1OCCCN1CCOCC1.CS(=O)(=O)CCCCc1ccc(-c2ccc3ncnc(Nc4ccc(OCc5cccc(F)c5)c(Cl)c4)c3c2)o1. The number of benzene rings is 7. The molecule has 1 fully saturated rings. The maximum atomic E-state index is 13.5. The van der Waals surface area contributed by atoms with Crippen molar-refractivity contribution in [3.8, 4) is 52.4 Å². The number of ether oxygens (including phenoxy) is 8. The number of rotatable bonds is 29. The Morgan fingerprint density at radius 1 is 0.570 bits per heavy atom. The average molecular weight is 1420 g/mol. The first-order valence-electron chi connectivity index (χ1n) is 31.9. The number of anilines is 6. The van der Waals surface area contributed by atoms with Crippen molar-refractivity contribution in [3.63, 3.8) is 0 Å². The summed E-state index contributed by atoms with van der Waals surface area (Å²) in [6, 6.07) is 40.5. The molecule has 7 aromatic carbocycles. The van der Waals surface area contributed by atoms with Crippen molar-refractivity contribution in [2.24, 2.45) is 0 Å². The summed E-state index contributed by atoms with van der Waals surface area (Å²) in [5.41, 5.74) is 6.70. The number of nitrogens with zero attached hydrogens (tertiary/aromatic N) is 7. The Bertz CT molecular complexity index is 4720. The molecule has 3 N–H and O–H groups in total. The van der Waals surface area contributed by atoms with Crippen molar-refractivity contribution >= 4 is 100 Å². The van der Waals surface area contributed by atoms with E-state index in [2.05, 4.69) is 56.7 Å². The molecule has 520 valence electrons.